The Morgan fingerprint density at radius 2 is 1.95 bits per heavy atom. The fraction of sp³-hybridized carbons (Fsp3) is 0.562. The number of nitrogens with one attached hydrogen (secondary N) is 1. The first-order valence-corrected chi connectivity index (χ1v) is 7.63. The summed E-state index contributed by atoms with van der Waals surface area (Å²) in [6.07, 6.45) is 2.57. The quantitative estimate of drug-likeness (QED) is 0.871. The van der Waals surface area contributed by atoms with Gasteiger partial charge in [-0.2, -0.15) is 0 Å². The molecule has 1 fully saturated rings. The van der Waals surface area contributed by atoms with Crippen LogP contribution >= 0.6 is 0 Å². The highest BCUT2D eigenvalue weighted by atomic mass is 16.5. The van der Waals surface area contributed by atoms with Crippen molar-refractivity contribution in [2.45, 2.75) is 51.7 Å². The van der Waals surface area contributed by atoms with Gasteiger partial charge in [-0.15, -0.1) is 0 Å². The van der Waals surface area contributed by atoms with Crippen LogP contribution in [0.1, 0.15) is 50.0 Å². The zero-order valence-electron chi connectivity index (χ0n) is 12.9. The summed E-state index contributed by atoms with van der Waals surface area (Å²) in [5.74, 6) is -0.843. The molecule has 22 heavy (non-hydrogen) atoms. The lowest BCUT2D eigenvalue weighted by Gasteiger charge is -2.26. The largest absolute Gasteiger partial charge is 0.481 e. The van der Waals surface area contributed by atoms with Gasteiger partial charge in [0, 0.05) is 12.1 Å². The number of carboxylic acids is 1. The van der Waals surface area contributed by atoms with Crippen LogP contribution in [0, 0.1) is 5.92 Å². The Kier molecular flexibility index (Phi) is 5.35. The molecule has 0 radical (unpaired) electrons. The number of carbonyl (C=O) groups is 2. The Morgan fingerprint density at radius 1 is 1.27 bits per heavy atom. The SMILES string of the molecule is CC(C)Oc1cccc(C(=O)NC2CCC(C(=O)O)CC2)n1. The van der Waals surface area contributed by atoms with Gasteiger partial charge >= 0.3 is 5.97 Å². The summed E-state index contributed by atoms with van der Waals surface area (Å²) in [7, 11) is 0. The summed E-state index contributed by atoms with van der Waals surface area (Å²) in [6.45, 7) is 3.80. The normalized spacial score (nSPS) is 21.4. The lowest BCUT2D eigenvalue weighted by molar-refractivity contribution is -0.142. The monoisotopic (exact) mass is 306 g/mol. The van der Waals surface area contributed by atoms with Crippen LogP contribution in [0.25, 0.3) is 0 Å². The van der Waals surface area contributed by atoms with Crippen LogP contribution in [-0.2, 0) is 4.79 Å². The standard InChI is InChI=1S/C16H22N2O4/c1-10(2)22-14-5-3-4-13(18-14)15(19)17-12-8-6-11(7-9-12)16(20)21/h3-5,10-12H,6-9H2,1-2H3,(H,17,19)(H,20,21). The highest BCUT2D eigenvalue weighted by Gasteiger charge is 2.27. The topological polar surface area (TPSA) is 88.5 Å². The summed E-state index contributed by atoms with van der Waals surface area (Å²) in [6, 6.07) is 5.11. The van der Waals surface area contributed by atoms with Gasteiger partial charge in [-0.05, 0) is 45.6 Å². The van der Waals surface area contributed by atoms with E-state index in [1.54, 1.807) is 18.2 Å². The number of pyridine rings is 1. The molecule has 6 heteroatoms. The molecule has 1 aliphatic carbocycles. The molecule has 120 valence electrons. The molecule has 1 heterocycles. The molecule has 2 N–H and O–H groups in total. The van der Waals surface area contributed by atoms with E-state index in [4.69, 9.17) is 9.84 Å². The molecule has 2 rings (SSSR count). The number of amides is 1. The third kappa shape index (κ3) is 4.44. The smallest absolute Gasteiger partial charge is 0.306 e. The fourth-order valence-corrected chi connectivity index (χ4v) is 2.59. The van der Waals surface area contributed by atoms with E-state index in [9.17, 15) is 9.59 Å². The van der Waals surface area contributed by atoms with E-state index in [-0.39, 0.29) is 24.0 Å². The highest BCUT2D eigenvalue weighted by molar-refractivity contribution is 5.92. The van der Waals surface area contributed by atoms with Gasteiger partial charge in [-0.3, -0.25) is 9.59 Å². The molecule has 0 aliphatic heterocycles. The van der Waals surface area contributed by atoms with Crippen molar-refractivity contribution in [1.29, 1.82) is 0 Å². The van der Waals surface area contributed by atoms with Gasteiger partial charge < -0.3 is 15.2 Å². The number of rotatable bonds is 5. The molecule has 0 unspecified atom stereocenters. The predicted octanol–water partition coefficient (Wildman–Crippen LogP) is 2.24. The van der Waals surface area contributed by atoms with Crippen molar-refractivity contribution >= 4 is 11.9 Å². The van der Waals surface area contributed by atoms with Crippen LogP contribution in [0.2, 0.25) is 0 Å². The summed E-state index contributed by atoms with van der Waals surface area (Å²) in [4.78, 5) is 27.3. The lowest BCUT2D eigenvalue weighted by atomic mass is 9.86. The molecule has 0 aromatic carbocycles. The van der Waals surface area contributed by atoms with Crippen LogP contribution in [0.15, 0.2) is 18.2 Å². The first-order chi connectivity index (χ1) is 10.5. The van der Waals surface area contributed by atoms with E-state index < -0.39 is 5.97 Å². The Morgan fingerprint density at radius 3 is 2.55 bits per heavy atom. The van der Waals surface area contributed by atoms with Crippen molar-refractivity contribution in [1.82, 2.24) is 10.3 Å². The van der Waals surface area contributed by atoms with Crippen molar-refractivity contribution in [2.24, 2.45) is 5.92 Å². The summed E-state index contributed by atoms with van der Waals surface area (Å²) < 4.78 is 5.48. The summed E-state index contributed by atoms with van der Waals surface area (Å²) in [5.41, 5.74) is 0.318. The summed E-state index contributed by atoms with van der Waals surface area (Å²) >= 11 is 0. The minimum atomic E-state index is -0.745. The molecule has 0 bridgehead atoms. The molecule has 0 spiro atoms. The van der Waals surface area contributed by atoms with Crippen LogP contribution in [0.4, 0.5) is 0 Å². The molecule has 1 aromatic heterocycles. The number of nitrogens with zero attached hydrogens (tertiary/aromatic N) is 1. The minimum absolute atomic E-state index is 0.00268. The van der Waals surface area contributed by atoms with Gasteiger partial charge in [0.05, 0.1) is 12.0 Å². The van der Waals surface area contributed by atoms with Crippen LogP contribution in [0.3, 0.4) is 0 Å². The molecule has 1 saturated carbocycles. The van der Waals surface area contributed by atoms with Crippen molar-refractivity contribution < 1.29 is 19.4 Å². The highest BCUT2D eigenvalue weighted by Crippen LogP contribution is 2.24. The number of aromatic nitrogens is 1. The Bertz CT molecular complexity index is 537. The first-order valence-electron chi connectivity index (χ1n) is 7.63. The maximum atomic E-state index is 12.2. The molecule has 0 atom stereocenters. The van der Waals surface area contributed by atoms with Crippen molar-refractivity contribution in [3.63, 3.8) is 0 Å². The zero-order chi connectivity index (χ0) is 16.1. The van der Waals surface area contributed by atoms with E-state index in [1.807, 2.05) is 13.8 Å². The maximum absolute atomic E-state index is 12.2. The van der Waals surface area contributed by atoms with Gasteiger partial charge in [-0.1, -0.05) is 6.07 Å². The third-order valence-electron chi connectivity index (χ3n) is 3.72. The van der Waals surface area contributed by atoms with E-state index in [1.165, 1.54) is 0 Å². The molecule has 6 nitrogen and oxygen atoms in total. The second-order valence-electron chi connectivity index (χ2n) is 5.89. The number of carbonyl (C=O) groups excluding carboxylic acids is 1. The van der Waals surface area contributed by atoms with Gasteiger partial charge in [0.2, 0.25) is 5.88 Å². The molecular formula is C16H22N2O4. The van der Waals surface area contributed by atoms with Crippen molar-refractivity contribution in [2.75, 3.05) is 0 Å². The Balaban J connectivity index is 1.91. The Labute approximate surface area is 129 Å². The number of ether oxygens (including phenoxy) is 1. The molecule has 1 amide bonds. The van der Waals surface area contributed by atoms with Crippen LogP contribution in [-0.4, -0.2) is 34.1 Å². The fourth-order valence-electron chi connectivity index (χ4n) is 2.59. The zero-order valence-corrected chi connectivity index (χ0v) is 12.9. The number of aliphatic carboxylic acids is 1. The Hall–Kier alpha value is -2.11. The van der Waals surface area contributed by atoms with E-state index in [2.05, 4.69) is 10.3 Å². The van der Waals surface area contributed by atoms with Crippen molar-refractivity contribution in [3.05, 3.63) is 23.9 Å². The predicted molar refractivity (Wildman–Crippen MR) is 80.8 cm³/mol. The van der Waals surface area contributed by atoms with Crippen molar-refractivity contribution in [3.8, 4) is 5.88 Å². The average Bonchev–Trinajstić information content (AvgIpc) is 2.47. The number of hydrogen-bond acceptors (Lipinski definition) is 4. The molecule has 0 saturated heterocycles. The van der Waals surface area contributed by atoms with E-state index >= 15 is 0 Å². The van der Waals surface area contributed by atoms with E-state index in [0.29, 0.717) is 37.3 Å². The van der Waals surface area contributed by atoms with Gasteiger partial charge in [0.15, 0.2) is 0 Å². The average molecular weight is 306 g/mol. The molecular weight excluding hydrogens is 284 g/mol. The van der Waals surface area contributed by atoms with Gasteiger partial charge in [-0.25, -0.2) is 4.98 Å². The first kappa shape index (κ1) is 16.3. The molecule has 1 aliphatic rings. The van der Waals surface area contributed by atoms with Gasteiger partial charge in [0.25, 0.3) is 5.91 Å². The van der Waals surface area contributed by atoms with E-state index in [0.717, 1.165) is 0 Å². The van der Waals surface area contributed by atoms with Crippen LogP contribution < -0.4 is 10.1 Å². The second kappa shape index (κ2) is 7.24. The maximum Gasteiger partial charge on any atom is 0.306 e. The third-order valence-corrected chi connectivity index (χ3v) is 3.72. The number of hydrogen-bond donors (Lipinski definition) is 2. The lowest BCUT2D eigenvalue weighted by Crippen LogP contribution is -2.39. The second-order valence-corrected chi connectivity index (χ2v) is 5.89. The number of carboxylic acid groups (broad SMARTS) is 1. The molecule has 1 aromatic rings. The van der Waals surface area contributed by atoms with Crippen LogP contribution in [0.5, 0.6) is 5.88 Å². The summed E-state index contributed by atoms with van der Waals surface area (Å²) in [5, 5.41) is 11.9. The van der Waals surface area contributed by atoms with Gasteiger partial charge in [0.1, 0.15) is 5.69 Å². The minimum Gasteiger partial charge on any atom is -0.481 e.